The number of anilines is 1. The van der Waals surface area contributed by atoms with Gasteiger partial charge in [-0.3, -0.25) is 4.79 Å². The molecule has 5 rings (SSSR count). The first-order chi connectivity index (χ1) is 14.7. The molecule has 0 saturated heterocycles. The van der Waals surface area contributed by atoms with Crippen molar-refractivity contribution in [3.8, 4) is 0 Å². The summed E-state index contributed by atoms with van der Waals surface area (Å²) in [6.45, 7) is 2.65. The van der Waals surface area contributed by atoms with Gasteiger partial charge in [0.05, 0.1) is 17.0 Å². The Hall–Kier alpha value is -2.92. The van der Waals surface area contributed by atoms with E-state index in [1.54, 1.807) is 0 Å². The standard InChI is InChI=1S/C25H23N3OS/c1-2-28(22-13-7-9-17-8-3-4-10-19(17)22)23(29)16-30-25-20-11-5-6-12-21(20)26-24(27-25)18-14-15-18/h3-13,18H,2,14-16H2,1H3. The van der Waals surface area contributed by atoms with Gasteiger partial charge in [-0.15, -0.1) is 0 Å². The van der Waals surface area contributed by atoms with Crippen LogP contribution in [0.2, 0.25) is 0 Å². The molecule has 0 bridgehead atoms. The van der Waals surface area contributed by atoms with E-state index in [4.69, 9.17) is 9.97 Å². The first-order valence-electron chi connectivity index (χ1n) is 10.4. The molecule has 0 aliphatic heterocycles. The summed E-state index contributed by atoms with van der Waals surface area (Å²) in [4.78, 5) is 24.7. The number of carbonyl (C=O) groups is 1. The number of carbonyl (C=O) groups excluding carboxylic acids is 1. The molecule has 4 nitrogen and oxygen atoms in total. The van der Waals surface area contributed by atoms with Crippen molar-refractivity contribution >= 4 is 45.0 Å². The van der Waals surface area contributed by atoms with Gasteiger partial charge in [0.25, 0.3) is 0 Å². The highest BCUT2D eigenvalue weighted by atomic mass is 32.2. The summed E-state index contributed by atoms with van der Waals surface area (Å²) in [6, 6.07) is 22.4. The van der Waals surface area contributed by atoms with Gasteiger partial charge in [-0.1, -0.05) is 66.4 Å². The normalized spacial score (nSPS) is 13.6. The predicted octanol–water partition coefficient (Wildman–Crippen LogP) is 5.81. The van der Waals surface area contributed by atoms with E-state index in [0.717, 1.165) is 51.1 Å². The minimum absolute atomic E-state index is 0.0921. The van der Waals surface area contributed by atoms with Crippen molar-refractivity contribution in [2.24, 2.45) is 0 Å². The van der Waals surface area contributed by atoms with Crippen LogP contribution in [0.5, 0.6) is 0 Å². The van der Waals surface area contributed by atoms with Crippen molar-refractivity contribution in [2.45, 2.75) is 30.7 Å². The Kier molecular flexibility index (Phi) is 5.13. The van der Waals surface area contributed by atoms with Gasteiger partial charge >= 0.3 is 0 Å². The number of aromatic nitrogens is 2. The van der Waals surface area contributed by atoms with Crippen LogP contribution in [0, 0.1) is 0 Å². The molecule has 1 saturated carbocycles. The Morgan fingerprint density at radius 1 is 0.967 bits per heavy atom. The van der Waals surface area contributed by atoms with Crippen LogP contribution in [-0.2, 0) is 4.79 Å². The van der Waals surface area contributed by atoms with Crippen molar-refractivity contribution in [3.63, 3.8) is 0 Å². The molecule has 0 radical (unpaired) electrons. The molecule has 3 aromatic carbocycles. The van der Waals surface area contributed by atoms with E-state index in [9.17, 15) is 4.79 Å². The molecular formula is C25H23N3OS. The number of benzene rings is 3. The highest BCUT2D eigenvalue weighted by molar-refractivity contribution is 8.00. The summed E-state index contributed by atoms with van der Waals surface area (Å²) in [6.07, 6.45) is 2.32. The fraction of sp³-hybridized carbons (Fsp3) is 0.240. The van der Waals surface area contributed by atoms with E-state index < -0.39 is 0 Å². The number of hydrogen-bond donors (Lipinski definition) is 0. The van der Waals surface area contributed by atoms with Gasteiger partial charge in [0.1, 0.15) is 10.9 Å². The number of hydrogen-bond acceptors (Lipinski definition) is 4. The Labute approximate surface area is 180 Å². The van der Waals surface area contributed by atoms with E-state index in [0.29, 0.717) is 18.2 Å². The Balaban J connectivity index is 1.42. The number of nitrogens with zero attached hydrogens (tertiary/aromatic N) is 3. The molecule has 1 amide bonds. The van der Waals surface area contributed by atoms with E-state index in [2.05, 4.69) is 18.2 Å². The zero-order valence-corrected chi connectivity index (χ0v) is 17.7. The zero-order valence-electron chi connectivity index (χ0n) is 16.9. The molecule has 4 aromatic rings. The number of rotatable bonds is 6. The lowest BCUT2D eigenvalue weighted by Crippen LogP contribution is -2.32. The molecule has 1 fully saturated rings. The lowest BCUT2D eigenvalue weighted by atomic mass is 10.1. The first-order valence-corrected chi connectivity index (χ1v) is 11.4. The average Bonchev–Trinajstić information content (AvgIpc) is 3.63. The van der Waals surface area contributed by atoms with E-state index >= 15 is 0 Å². The lowest BCUT2D eigenvalue weighted by Gasteiger charge is -2.22. The second-order valence-corrected chi connectivity index (χ2v) is 8.57. The van der Waals surface area contributed by atoms with Gasteiger partial charge in [-0.05, 0) is 37.3 Å². The van der Waals surface area contributed by atoms with Crippen LogP contribution in [0.3, 0.4) is 0 Å². The van der Waals surface area contributed by atoms with Crippen LogP contribution >= 0.6 is 11.8 Å². The maximum Gasteiger partial charge on any atom is 0.237 e. The van der Waals surface area contributed by atoms with Gasteiger partial charge in [-0.2, -0.15) is 0 Å². The molecule has 1 heterocycles. The molecule has 150 valence electrons. The molecule has 1 aliphatic carbocycles. The quantitative estimate of drug-likeness (QED) is 0.296. The van der Waals surface area contributed by atoms with Crippen LogP contribution in [-0.4, -0.2) is 28.2 Å². The fourth-order valence-corrected chi connectivity index (χ4v) is 4.73. The predicted molar refractivity (Wildman–Crippen MR) is 124 cm³/mol. The van der Waals surface area contributed by atoms with Crippen LogP contribution in [0.4, 0.5) is 5.69 Å². The van der Waals surface area contributed by atoms with Gasteiger partial charge in [-0.25, -0.2) is 9.97 Å². The summed E-state index contributed by atoms with van der Waals surface area (Å²) >= 11 is 1.52. The molecule has 1 aromatic heterocycles. The summed E-state index contributed by atoms with van der Waals surface area (Å²) < 4.78 is 0. The second kappa shape index (κ2) is 8.07. The zero-order chi connectivity index (χ0) is 20.5. The largest absolute Gasteiger partial charge is 0.311 e. The van der Waals surface area contributed by atoms with Gasteiger partial charge < -0.3 is 4.90 Å². The molecular weight excluding hydrogens is 390 g/mol. The lowest BCUT2D eigenvalue weighted by molar-refractivity contribution is -0.116. The molecule has 30 heavy (non-hydrogen) atoms. The van der Waals surface area contributed by atoms with E-state index in [1.165, 1.54) is 11.8 Å². The third-order valence-electron chi connectivity index (χ3n) is 5.54. The Morgan fingerprint density at radius 2 is 1.70 bits per heavy atom. The second-order valence-electron chi connectivity index (χ2n) is 7.60. The molecule has 1 aliphatic rings. The summed E-state index contributed by atoms with van der Waals surface area (Å²) in [7, 11) is 0. The fourth-order valence-electron chi connectivity index (χ4n) is 3.83. The molecule has 0 unspecified atom stereocenters. The van der Waals surface area contributed by atoms with Crippen LogP contribution in [0.15, 0.2) is 71.8 Å². The van der Waals surface area contributed by atoms with Gasteiger partial charge in [0.15, 0.2) is 0 Å². The van der Waals surface area contributed by atoms with Gasteiger partial charge in [0, 0.05) is 23.2 Å². The molecule has 0 atom stereocenters. The summed E-state index contributed by atoms with van der Waals surface area (Å²) in [5.41, 5.74) is 1.93. The number of thioether (sulfide) groups is 1. The number of para-hydroxylation sites is 1. The highest BCUT2D eigenvalue weighted by Gasteiger charge is 2.28. The minimum atomic E-state index is 0.0921. The Bertz CT molecular complexity index is 1230. The molecule has 0 spiro atoms. The SMILES string of the molecule is CCN(C(=O)CSc1nc(C2CC2)nc2ccccc12)c1cccc2ccccc12. The van der Waals surface area contributed by atoms with E-state index in [1.807, 2.05) is 60.4 Å². The highest BCUT2D eigenvalue weighted by Crippen LogP contribution is 2.40. The average molecular weight is 414 g/mol. The summed E-state index contributed by atoms with van der Waals surface area (Å²) in [5, 5.41) is 4.17. The van der Waals surface area contributed by atoms with Crippen LogP contribution in [0.25, 0.3) is 21.7 Å². The summed E-state index contributed by atoms with van der Waals surface area (Å²) in [5.74, 6) is 1.84. The molecule has 0 N–H and O–H groups in total. The van der Waals surface area contributed by atoms with Crippen LogP contribution in [0.1, 0.15) is 31.5 Å². The first kappa shape index (κ1) is 19.1. The maximum atomic E-state index is 13.2. The van der Waals surface area contributed by atoms with E-state index in [-0.39, 0.29) is 5.91 Å². The van der Waals surface area contributed by atoms with Crippen LogP contribution < -0.4 is 4.90 Å². The third-order valence-corrected chi connectivity index (χ3v) is 6.51. The number of amides is 1. The van der Waals surface area contributed by atoms with Crippen molar-refractivity contribution in [1.29, 1.82) is 0 Å². The van der Waals surface area contributed by atoms with Gasteiger partial charge in [0.2, 0.25) is 5.91 Å². The number of fused-ring (bicyclic) bond motifs is 2. The van der Waals surface area contributed by atoms with Crippen molar-refractivity contribution in [3.05, 3.63) is 72.6 Å². The molecule has 5 heteroatoms. The maximum absolute atomic E-state index is 13.2. The van der Waals surface area contributed by atoms with Crippen molar-refractivity contribution in [1.82, 2.24) is 9.97 Å². The monoisotopic (exact) mass is 413 g/mol. The van der Waals surface area contributed by atoms with Crippen molar-refractivity contribution in [2.75, 3.05) is 17.2 Å². The minimum Gasteiger partial charge on any atom is -0.311 e. The topological polar surface area (TPSA) is 46.1 Å². The third kappa shape index (κ3) is 3.65. The smallest absolute Gasteiger partial charge is 0.237 e. The van der Waals surface area contributed by atoms with Crippen molar-refractivity contribution < 1.29 is 4.79 Å². The Morgan fingerprint density at radius 3 is 2.50 bits per heavy atom.